The first-order chi connectivity index (χ1) is 15.6. The third-order valence-electron chi connectivity index (χ3n) is 7.54. The van der Waals surface area contributed by atoms with Gasteiger partial charge in [0.25, 0.3) is 0 Å². The monoisotopic (exact) mass is 468 g/mol. The van der Waals surface area contributed by atoms with Crippen molar-refractivity contribution < 1.29 is 27.8 Å². The number of hydrogen-bond donors (Lipinski definition) is 1. The Morgan fingerprint density at radius 1 is 1.30 bits per heavy atom. The molecule has 2 aromatic heterocycles. The molecule has 33 heavy (non-hydrogen) atoms. The van der Waals surface area contributed by atoms with Crippen LogP contribution < -0.4 is 9.64 Å². The molecule has 1 aliphatic carbocycles. The standard InChI is InChI=1S/C23H31F3N4O3/c1-4-22(21(31)32)10-5-11-29(13-22)20-19(33-3)14(2)27-18-12-17(28-30(18)20)15-6-8-16(9-7-15)23(24,25)26/h12,15-16H,4-11,13H2,1-3H3,(H,31,32)/t15?,16?,22-/m0/s1. The summed E-state index contributed by atoms with van der Waals surface area (Å²) >= 11 is 0. The molecule has 2 fully saturated rings. The van der Waals surface area contributed by atoms with E-state index in [0.29, 0.717) is 61.7 Å². The van der Waals surface area contributed by atoms with Crippen molar-refractivity contribution in [1.82, 2.24) is 14.6 Å². The van der Waals surface area contributed by atoms with Crippen LogP contribution in [-0.2, 0) is 4.79 Å². The fourth-order valence-corrected chi connectivity index (χ4v) is 5.46. The second-order valence-corrected chi connectivity index (χ2v) is 9.45. The van der Waals surface area contributed by atoms with Gasteiger partial charge in [-0.2, -0.15) is 22.8 Å². The Hall–Kier alpha value is -2.52. The molecule has 0 amide bonds. The van der Waals surface area contributed by atoms with Gasteiger partial charge in [0, 0.05) is 25.1 Å². The number of anilines is 1. The molecule has 0 spiro atoms. The highest BCUT2D eigenvalue weighted by Gasteiger charge is 2.43. The maximum atomic E-state index is 13.1. The van der Waals surface area contributed by atoms with E-state index in [4.69, 9.17) is 9.84 Å². The van der Waals surface area contributed by atoms with Gasteiger partial charge in [-0.15, -0.1) is 0 Å². The molecular formula is C23H31F3N4O3. The number of carboxylic acid groups (broad SMARTS) is 1. The van der Waals surface area contributed by atoms with Crippen molar-refractivity contribution in [2.75, 3.05) is 25.1 Å². The summed E-state index contributed by atoms with van der Waals surface area (Å²) in [4.78, 5) is 18.7. The Labute approximate surface area is 190 Å². The molecule has 1 aliphatic heterocycles. The summed E-state index contributed by atoms with van der Waals surface area (Å²) in [5.74, 6) is -0.907. The molecule has 2 aliphatic rings. The molecular weight excluding hydrogens is 437 g/mol. The van der Waals surface area contributed by atoms with Crippen LogP contribution in [0, 0.1) is 18.3 Å². The number of hydrogen-bond acceptors (Lipinski definition) is 5. The minimum Gasteiger partial charge on any atom is -0.491 e. The number of fused-ring (bicyclic) bond motifs is 1. The van der Waals surface area contributed by atoms with Gasteiger partial charge in [-0.3, -0.25) is 4.79 Å². The Morgan fingerprint density at radius 3 is 2.58 bits per heavy atom. The topological polar surface area (TPSA) is 80.0 Å². The largest absolute Gasteiger partial charge is 0.491 e. The number of ether oxygens (including phenoxy) is 1. The second kappa shape index (κ2) is 8.68. The number of carbonyl (C=O) groups is 1. The molecule has 1 atom stereocenters. The maximum Gasteiger partial charge on any atom is 0.391 e. The van der Waals surface area contributed by atoms with E-state index in [0.717, 1.165) is 12.1 Å². The number of aryl methyl sites for hydroxylation is 1. The average Bonchev–Trinajstić information content (AvgIpc) is 3.20. The molecule has 0 unspecified atom stereocenters. The fourth-order valence-electron chi connectivity index (χ4n) is 5.46. The summed E-state index contributed by atoms with van der Waals surface area (Å²) in [7, 11) is 1.55. The third kappa shape index (κ3) is 4.24. The van der Waals surface area contributed by atoms with E-state index in [9.17, 15) is 23.1 Å². The zero-order valence-electron chi connectivity index (χ0n) is 19.3. The quantitative estimate of drug-likeness (QED) is 0.668. The van der Waals surface area contributed by atoms with Crippen molar-refractivity contribution in [3.8, 4) is 5.75 Å². The Balaban J connectivity index is 1.71. The van der Waals surface area contributed by atoms with E-state index < -0.39 is 23.5 Å². The average molecular weight is 469 g/mol. The van der Waals surface area contributed by atoms with Crippen LogP contribution in [0.4, 0.5) is 19.0 Å². The van der Waals surface area contributed by atoms with E-state index in [2.05, 4.69) is 4.98 Å². The Bertz CT molecular complexity index is 1030. The summed E-state index contributed by atoms with van der Waals surface area (Å²) in [5, 5.41) is 14.7. The predicted molar refractivity (Wildman–Crippen MR) is 117 cm³/mol. The first-order valence-corrected chi connectivity index (χ1v) is 11.6. The molecule has 3 heterocycles. The molecule has 4 rings (SSSR count). The van der Waals surface area contributed by atoms with Crippen LogP contribution in [-0.4, -0.2) is 52.0 Å². The van der Waals surface area contributed by atoms with Crippen LogP contribution in [0.15, 0.2) is 6.07 Å². The minimum absolute atomic E-state index is 0.0560. The van der Waals surface area contributed by atoms with Crippen molar-refractivity contribution in [1.29, 1.82) is 0 Å². The van der Waals surface area contributed by atoms with Crippen LogP contribution in [0.1, 0.15) is 69.2 Å². The van der Waals surface area contributed by atoms with Crippen LogP contribution in [0.5, 0.6) is 5.75 Å². The molecule has 10 heteroatoms. The lowest BCUT2D eigenvalue weighted by atomic mass is 9.77. The van der Waals surface area contributed by atoms with Crippen LogP contribution in [0.2, 0.25) is 0 Å². The van der Waals surface area contributed by atoms with Gasteiger partial charge in [-0.25, -0.2) is 4.98 Å². The summed E-state index contributed by atoms with van der Waals surface area (Å²) < 4.78 is 46.6. The normalized spacial score (nSPS) is 26.5. The lowest BCUT2D eigenvalue weighted by Gasteiger charge is -2.40. The maximum absolute atomic E-state index is 13.1. The Morgan fingerprint density at radius 2 is 2.00 bits per heavy atom. The van der Waals surface area contributed by atoms with E-state index in [1.54, 1.807) is 11.6 Å². The molecule has 7 nitrogen and oxygen atoms in total. The molecule has 0 bridgehead atoms. The van der Waals surface area contributed by atoms with Crippen molar-refractivity contribution in [3.05, 3.63) is 17.5 Å². The minimum atomic E-state index is -4.15. The lowest BCUT2D eigenvalue weighted by Crippen LogP contribution is -2.48. The molecule has 1 N–H and O–H groups in total. The van der Waals surface area contributed by atoms with Crippen LogP contribution in [0.25, 0.3) is 5.65 Å². The molecule has 1 saturated carbocycles. The molecule has 0 aromatic carbocycles. The van der Waals surface area contributed by atoms with Crippen molar-refractivity contribution >= 4 is 17.4 Å². The number of aromatic nitrogens is 3. The summed E-state index contributed by atoms with van der Waals surface area (Å²) in [6, 6.07) is 1.85. The fraction of sp³-hybridized carbons (Fsp3) is 0.696. The van der Waals surface area contributed by atoms with Crippen LogP contribution >= 0.6 is 0 Å². The zero-order valence-corrected chi connectivity index (χ0v) is 19.3. The number of nitrogens with zero attached hydrogens (tertiary/aromatic N) is 4. The summed E-state index contributed by atoms with van der Waals surface area (Å²) in [5.41, 5.74) is 1.14. The van der Waals surface area contributed by atoms with Gasteiger partial charge in [0.1, 0.15) is 0 Å². The smallest absolute Gasteiger partial charge is 0.391 e. The first-order valence-electron chi connectivity index (χ1n) is 11.6. The third-order valence-corrected chi connectivity index (χ3v) is 7.54. The highest BCUT2D eigenvalue weighted by molar-refractivity contribution is 5.76. The molecule has 2 aromatic rings. The molecule has 0 radical (unpaired) electrons. The number of rotatable bonds is 5. The number of alkyl halides is 3. The lowest BCUT2D eigenvalue weighted by molar-refractivity contribution is -0.182. The van der Waals surface area contributed by atoms with Gasteiger partial charge >= 0.3 is 12.1 Å². The predicted octanol–water partition coefficient (Wildman–Crippen LogP) is 4.96. The van der Waals surface area contributed by atoms with E-state index in [-0.39, 0.29) is 18.8 Å². The van der Waals surface area contributed by atoms with Crippen molar-refractivity contribution in [3.63, 3.8) is 0 Å². The summed E-state index contributed by atoms with van der Waals surface area (Å²) in [6.07, 6.45) is -1.22. The zero-order chi connectivity index (χ0) is 24.0. The molecule has 1 saturated heterocycles. The summed E-state index contributed by atoms with van der Waals surface area (Å²) in [6.45, 7) is 4.72. The first kappa shape index (κ1) is 23.6. The van der Waals surface area contributed by atoms with Gasteiger partial charge in [0.15, 0.2) is 17.2 Å². The number of piperidine rings is 1. The second-order valence-electron chi connectivity index (χ2n) is 9.45. The highest BCUT2D eigenvalue weighted by Crippen LogP contribution is 2.44. The van der Waals surface area contributed by atoms with Crippen LogP contribution in [0.3, 0.4) is 0 Å². The number of methoxy groups -OCH3 is 1. The number of aliphatic carboxylic acids is 1. The Kier molecular flexibility index (Phi) is 6.22. The molecule has 182 valence electrons. The number of carboxylic acids is 1. The SMILES string of the molecule is CC[C@]1(C(=O)O)CCCN(c2c(OC)c(C)nc3cc(C4CCC(C(F)(F)F)CC4)nn23)C1. The van der Waals surface area contributed by atoms with Crippen molar-refractivity contribution in [2.45, 2.75) is 70.9 Å². The van der Waals surface area contributed by atoms with E-state index >= 15 is 0 Å². The van der Waals surface area contributed by atoms with Crippen molar-refractivity contribution in [2.24, 2.45) is 11.3 Å². The van der Waals surface area contributed by atoms with Gasteiger partial charge in [0.05, 0.1) is 29.8 Å². The van der Waals surface area contributed by atoms with Gasteiger partial charge < -0.3 is 14.7 Å². The van der Waals surface area contributed by atoms with Gasteiger partial charge in [-0.1, -0.05) is 6.92 Å². The highest BCUT2D eigenvalue weighted by atomic mass is 19.4. The van der Waals surface area contributed by atoms with Gasteiger partial charge in [0.2, 0.25) is 0 Å². The number of halogens is 3. The van der Waals surface area contributed by atoms with E-state index in [1.807, 2.05) is 24.8 Å². The van der Waals surface area contributed by atoms with E-state index in [1.165, 1.54) is 0 Å². The van der Waals surface area contributed by atoms with Gasteiger partial charge in [-0.05, 0) is 51.9 Å².